The molecule has 8 nitrogen and oxygen atoms in total. The third-order valence-electron chi connectivity index (χ3n) is 5.71. The molecule has 2 aromatic heterocycles. The second-order valence-electron chi connectivity index (χ2n) is 9.49. The van der Waals surface area contributed by atoms with Gasteiger partial charge in [-0.15, -0.1) is 0 Å². The number of halogens is 3. The third kappa shape index (κ3) is 5.34. The fourth-order valence-electron chi connectivity index (χ4n) is 4.22. The standard InChI is InChI=1S/C23H28F3N3O5/c1-22(2,3)34-15(30)11-27-20(32)16-17(31)14-10-13(12-8-6-5-7-9-12)18(23(24,25)26)28-19(14)29(4)21(16)33/h10,12,31H,5-9,11H2,1-4H3,(H,27,32). The van der Waals surface area contributed by atoms with Gasteiger partial charge in [-0.05, 0) is 51.2 Å². The minimum Gasteiger partial charge on any atom is -0.506 e. The number of fused-ring (bicyclic) bond motifs is 1. The van der Waals surface area contributed by atoms with Gasteiger partial charge in [-0.2, -0.15) is 13.2 Å². The Bertz CT molecular complexity index is 1180. The normalized spacial score (nSPS) is 15.4. The number of nitrogens with one attached hydrogen (secondary N) is 1. The average molecular weight is 483 g/mol. The molecule has 0 radical (unpaired) electrons. The van der Waals surface area contributed by atoms with Crippen molar-refractivity contribution < 1.29 is 32.6 Å². The molecule has 11 heteroatoms. The molecule has 1 fully saturated rings. The maximum Gasteiger partial charge on any atom is 0.433 e. The Morgan fingerprint density at radius 3 is 2.38 bits per heavy atom. The molecule has 0 aliphatic heterocycles. The Morgan fingerprint density at radius 2 is 1.82 bits per heavy atom. The van der Waals surface area contributed by atoms with Crippen LogP contribution in [-0.2, 0) is 22.8 Å². The highest BCUT2D eigenvalue weighted by molar-refractivity contribution is 6.02. The summed E-state index contributed by atoms with van der Waals surface area (Å²) in [7, 11) is 1.17. The number of pyridine rings is 2. The minimum atomic E-state index is -4.75. The summed E-state index contributed by atoms with van der Waals surface area (Å²) in [6.07, 6.45) is -1.18. The number of ether oxygens (including phenoxy) is 1. The summed E-state index contributed by atoms with van der Waals surface area (Å²) in [4.78, 5) is 41.1. The number of carbonyl (C=O) groups is 2. The van der Waals surface area contributed by atoms with Gasteiger partial charge in [0.1, 0.15) is 34.8 Å². The number of aryl methyl sites for hydroxylation is 1. The summed E-state index contributed by atoms with van der Waals surface area (Å²) in [5.74, 6) is -2.99. The zero-order valence-electron chi connectivity index (χ0n) is 19.5. The number of aromatic hydroxyl groups is 1. The van der Waals surface area contributed by atoms with Crippen molar-refractivity contribution in [2.45, 2.75) is 70.6 Å². The van der Waals surface area contributed by atoms with Crippen LogP contribution in [0.4, 0.5) is 13.2 Å². The van der Waals surface area contributed by atoms with Crippen LogP contribution in [0.25, 0.3) is 11.0 Å². The van der Waals surface area contributed by atoms with Crippen LogP contribution >= 0.6 is 0 Å². The summed E-state index contributed by atoms with van der Waals surface area (Å²) in [6, 6.07) is 1.18. The Morgan fingerprint density at radius 1 is 1.21 bits per heavy atom. The first-order valence-corrected chi connectivity index (χ1v) is 11.0. The minimum absolute atomic E-state index is 0.0613. The highest BCUT2D eigenvalue weighted by Crippen LogP contribution is 2.42. The van der Waals surface area contributed by atoms with Gasteiger partial charge < -0.3 is 15.2 Å². The molecule has 0 spiro atoms. The molecule has 0 aromatic carbocycles. The third-order valence-corrected chi connectivity index (χ3v) is 5.71. The van der Waals surface area contributed by atoms with Crippen LogP contribution in [0.3, 0.4) is 0 Å². The van der Waals surface area contributed by atoms with Crippen molar-refractivity contribution in [2.24, 2.45) is 7.05 Å². The Kier molecular flexibility index (Phi) is 6.95. The van der Waals surface area contributed by atoms with E-state index in [0.717, 1.165) is 23.8 Å². The van der Waals surface area contributed by atoms with Crippen molar-refractivity contribution in [3.63, 3.8) is 0 Å². The number of aromatic nitrogens is 2. The second-order valence-corrected chi connectivity index (χ2v) is 9.49. The van der Waals surface area contributed by atoms with Crippen LogP contribution in [0.2, 0.25) is 0 Å². The number of nitrogens with zero attached hydrogens (tertiary/aromatic N) is 2. The molecule has 1 aliphatic carbocycles. The van der Waals surface area contributed by atoms with E-state index in [4.69, 9.17) is 4.74 Å². The van der Waals surface area contributed by atoms with Crippen LogP contribution in [0.1, 0.15) is 80.4 Å². The predicted molar refractivity (Wildman–Crippen MR) is 118 cm³/mol. The summed E-state index contributed by atoms with van der Waals surface area (Å²) >= 11 is 0. The summed E-state index contributed by atoms with van der Waals surface area (Å²) in [6.45, 7) is 4.37. The van der Waals surface area contributed by atoms with Gasteiger partial charge in [0.25, 0.3) is 11.5 Å². The van der Waals surface area contributed by atoms with E-state index in [9.17, 15) is 32.7 Å². The van der Waals surface area contributed by atoms with E-state index in [1.54, 1.807) is 20.8 Å². The van der Waals surface area contributed by atoms with Gasteiger partial charge in [0.05, 0.1) is 5.39 Å². The van der Waals surface area contributed by atoms with Crippen LogP contribution in [0.15, 0.2) is 10.9 Å². The number of alkyl halides is 3. The molecule has 0 bridgehead atoms. The predicted octanol–water partition coefficient (Wildman–Crippen LogP) is 3.78. The van der Waals surface area contributed by atoms with E-state index in [2.05, 4.69) is 10.3 Å². The zero-order valence-corrected chi connectivity index (χ0v) is 19.5. The highest BCUT2D eigenvalue weighted by Gasteiger charge is 2.39. The van der Waals surface area contributed by atoms with E-state index < -0.39 is 64.3 Å². The first kappa shape index (κ1) is 25.5. The van der Waals surface area contributed by atoms with Crippen molar-refractivity contribution in [3.8, 4) is 5.75 Å². The van der Waals surface area contributed by atoms with E-state index in [-0.39, 0.29) is 10.9 Å². The Balaban J connectivity index is 2.09. The first-order valence-electron chi connectivity index (χ1n) is 11.0. The molecule has 186 valence electrons. The average Bonchev–Trinajstić information content (AvgIpc) is 2.74. The van der Waals surface area contributed by atoms with E-state index in [1.165, 1.54) is 13.1 Å². The fourth-order valence-corrected chi connectivity index (χ4v) is 4.22. The molecule has 0 atom stereocenters. The van der Waals surface area contributed by atoms with Crippen LogP contribution in [0.5, 0.6) is 5.75 Å². The second kappa shape index (κ2) is 9.27. The van der Waals surface area contributed by atoms with Crippen LogP contribution in [-0.4, -0.2) is 38.7 Å². The molecule has 1 aliphatic rings. The summed E-state index contributed by atoms with van der Waals surface area (Å²) < 4.78 is 47.4. The largest absolute Gasteiger partial charge is 0.506 e. The first-order chi connectivity index (χ1) is 15.7. The highest BCUT2D eigenvalue weighted by atomic mass is 19.4. The molecular weight excluding hydrogens is 455 g/mol. The SMILES string of the molecule is Cn1c(=O)c(C(=O)NCC(=O)OC(C)(C)C)c(O)c2cc(C3CCCCC3)c(C(F)(F)F)nc21. The maximum atomic E-state index is 13.8. The maximum absolute atomic E-state index is 13.8. The Labute approximate surface area is 194 Å². The lowest BCUT2D eigenvalue weighted by molar-refractivity contribution is -0.153. The molecule has 0 unspecified atom stereocenters. The van der Waals surface area contributed by atoms with Crippen LogP contribution in [0, 0.1) is 0 Å². The van der Waals surface area contributed by atoms with Gasteiger partial charge in [0.15, 0.2) is 0 Å². The molecular formula is C23H28F3N3O5. The zero-order chi connectivity index (χ0) is 25.4. The fraction of sp³-hybridized carbons (Fsp3) is 0.565. The number of rotatable bonds is 4. The number of hydrogen-bond donors (Lipinski definition) is 2. The molecule has 0 saturated heterocycles. The molecule has 3 rings (SSSR count). The van der Waals surface area contributed by atoms with Gasteiger partial charge in [-0.25, -0.2) is 4.98 Å². The summed E-state index contributed by atoms with van der Waals surface area (Å²) in [5, 5.41) is 12.9. The van der Waals surface area contributed by atoms with Crippen molar-refractivity contribution in [2.75, 3.05) is 6.54 Å². The van der Waals surface area contributed by atoms with Crippen molar-refractivity contribution in [1.82, 2.24) is 14.9 Å². The molecule has 2 N–H and O–H groups in total. The lowest BCUT2D eigenvalue weighted by Crippen LogP contribution is -2.38. The number of carbonyl (C=O) groups excluding carboxylic acids is 2. The van der Waals surface area contributed by atoms with E-state index in [1.807, 2.05) is 0 Å². The Hall–Kier alpha value is -3.11. The molecule has 34 heavy (non-hydrogen) atoms. The molecule has 2 aromatic rings. The smallest absolute Gasteiger partial charge is 0.433 e. The lowest BCUT2D eigenvalue weighted by atomic mass is 9.83. The van der Waals surface area contributed by atoms with Gasteiger partial charge >= 0.3 is 12.1 Å². The molecule has 1 saturated carbocycles. The molecule has 2 heterocycles. The van der Waals surface area contributed by atoms with Crippen LogP contribution < -0.4 is 10.9 Å². The quantitative estimate of drug-likeness (QED) is 0.641. The van der Waals surface area contributed by atoms with E-state index >= 15 is 0 Å². The number of hydrogen-bond acceptors (Lipinski definition) is 6. The number of amides is 1. The van der Waals surface area contributed by atoms with E-state index in [0.29, 0.717) is 12.8 Å². The van der Waals surface area contributed by atoms with Gasteiger partial charge in [-0.1, -0.05) is 19.3 Å². The van der Waals surface area contributed by atoms with Gasteiger partial charge in [-0.3, -0.25) is 19.0 Å². The molecule has 1 amide bonds. The van der Waals surface area contributed by atoms with Crippen molar-refractivity contribution in [3.05, 3.63) is 33.2 Å². The summed E-state index contributed by atoms with van der Waals surface area (Å²) in [5.41, 5.74) is -4.07. The monoisotopic (exact) mass is 483 g/mol. The van der Waals surface area contributed by atoms with Gasteiger partial charge in [0.2, 0.25) is 0 Å². The number of esters is 1. The van der Waals surface area contributed by atoms with Gasteiger partial charge in [0, 0.05) is 7.05 Å². The topological polar surface area (TPSA) is 111 Å². The van der Waals surface area contributed by atoms with Crippen molar-refractivity contribution in [1.29, 1.82) is 0 Å². The van der Waals surface area contributed by atoms with Crippen molar-refractivity contribution >= 4 is 22.9 Å². The lowest BCUT2D eigenvalue weighted by Gasteiger charge is -2.25.